The third-order valence-corrected chi connectivity index (χ3v) is 2.89. The van der Waals surface area contributed by atoms with E-state index in [0.29, 0.717) is 6.61 Å². The molecule has 0 unspecified atom stereocenters. The number of aryl methyl sites for hydroxylation is 1. The average Bonchev–Trinajstić information content (AvgIpc) is 2.36. The second kappa shape index (κ2) is 5.87. The van der Waals surface area contributed by atoms with Gasteiger partial charge in [-0.2, -0.15) is 0 Å². The van der Waals surface area contributed by atoms with Gasteiger partial charge in [-0.15, -0.1) is 0 Å². The molecule has 0 N–H and O–H groups in total. The maximum absolute atomic E-state index is 5.68. The summed E-state index contributed by atoms with van der Waals surface area (Å²) in [7, 11) is 1.65. The first-order chi connectivity index (χ1) is 8.67. The number of halogens is 1. The molecule has 0 radical (unpaired) electrons. The fourth-order valence-electron chi connectivity index (χ4n) is 1.61. The molecule has 0 spiro atoms. The highest BCUT2D eigenvalue weighted by molar-refractivity contribution is 9.10. The Morgan fingerprint density at radius 2 is 2.00 bits per heavy atom. The van der Waals surface area contributed by atoms with E-state index in [-0.39, 0.29) is 0 Å². The molecular weight excluding hydrogens is 294 g/mol. The molecule has 1 aromatic carbocycles. The molecule has 0 saturated carbocycles. The molecule has 0 bridgehead atoms. The van der Waals surface area contributed by atoms with Gasteiger partial charge >= 0.3 is 0 Å². The molecule has 0 atom stereocenters. The first-order valence-corrected chi connectivity index (χ1v) is 6.36. The molecule has 94 valence electrons. The van der Waals surface area contributed by atoms with E-state index < -0.39 is 0 Å². The molecule has 0 saturated heterocycles. The lowest BCUT2D eigenvalue weighted by Crippen LogP contribution is -2.00. The number of aromatic nitrogens is 1. The van der Waals surface area contributed by atoms with Gasteiger partial charge in [-0.25, -0.2) is 0 Å². The summed E-state index contributed by atoms with van der Waals surface area (Å²) in [5.74, 6) is 1.61. The van der Waals surface area contributed by atoms with Crippen LogP contribution in [-0.2, 0) is 6.61 Å². The van der Waals surface area contributed by atoms with Crippen molar-refractivity contribution in [3.05, 3.63) is 52.3 Å². The van der Waals surface area contributed by atoms with Crippen LogP contribution in [0.3, 0.4) is 0 Å². The van der Waals surface area contributed by atoms with Crippen LogP contribution in [0.5, 0.6) is 11.5 Å². The first-order valence-electron chi connectivity index (χ1n) is 5.57. The monoisotopic (exact) mass is 307 g/mol. The number of methoxy groups -OCH3 is 1. The lowest BCUT2D eigenvalue weighted by atomic mass is 10.3. The van der Waals surface area contributed by atoms with Gasteiger partial charge in [-0.1, -0.05) is 22.0 Å². The molecule has 0 aliphatic heterocycles. The van der Waals surface area contributed by atoms with E-state index in [2.05, 4.69) is 20.9 Å². The van der Waals surface area contributed by atoms with Crippen molar-refractivity contribution >= 4 is 15.9 Å². The molecule has 4 heteroatoms. The summed E-state index contributed by atoms with van der Waals surface area (Å²) in [4.78, 5) is 4.40. The average molecular weight is 308 g/mol. The van der Waals surface area contributed by atoms with E-state index in [1.54, 1.807) is 7.11 Å². The van der Waals surface area contributed by atoms with E-state index in [9.17, 15) is 0 Å². The van der Waals surface area contributed by atoms with Gasteiger partial charge in [0.25, 0.3) is 0 Å². The molecule has 1 aromatic heterocycles. The number of rotatable bonds is 4. The second-order valence-corrected chi connectivity index (χ2v) is 4.80. The summed E-state index contributed by atoms with van der Waals surface area (Å²) in [6.45, 7) is 2.36. The Hall–Kier alpha value is -1.55. The molecule has 0 amide bonds. The SMILES string of the molecule is COc1cc(C)nc(COc2cccc(Br)c2)c1. The van der Waals surface area contributed by atoms with Crippen LogP contribution in [0.4, 0.5) is 0 Å². The number of ether oxygens (including phenoxy) is 2. The normalized spacial score (nSPS) is 10.2. The van der Waals surface area contributed by atoms with Crippen LogP contribution in [0.15, 0.2) is 40.9 Å². The molecule has 18 heavy (non-hydrogen) atoms. The molecule has 3 nitrogen and oxygen atoms in total. The molecule has 0 fully saturated rings. The zero-order valence-electron chi connectivity index (χ0n) is 10.3. The highest BCUT2D eigenvalue weighted by atomic mass is 79.9. The zero-order valence-corrected chi connectivity index (χ0v) is 11.9. The molecule has 0 aliphatic rings. The van der Waals surface area contributed by atoms with Crippen LogP contribution in [0.1, 0.15) is 11.4 Å². The van der Waals surface area contributed by atoms with Gasteiger partial charge < -0.3 is 9.47 Å². The van der Waals surface area contributed by atoms with Crippen LogP contribution >= 0.6 is 15.9 Å². The second-order valence-electron chi connectivity index (χ2n) is 3.89. The fourth-order valence-corrected chi connectivity index (χ4v) is 1.99. The Balaban J connectivity index is 2.08. The summed E-state index contributed by atoms with van der Waals surface area (Å²) in [6.07, 6.45) is 0. The highest BCUT2D eigenvalue weighted by Crippen LogP contribution is 2.19. The minimum atomic E-state index is 0.425. The maximum atomic E-state index is 5.68. The molecule has 2 rings (SSSR count). The van der Waals surface area contributed by atoms with Gasteiger partial charge in [0, 0.05) is 22.3 Å². The van der Waals surface area contributed by atoms with Crippen molar-refractivity contribution in [3.8, 4) is 11.5 Å². The molecular formula is C14H14BrNO2. The van der Waals surface area contributed by atoms with Crippen LogP contribution in [0.25, 0.3) is 0 Å². The largest absolute Gasteiger partial charge is 0.497 e. The third kappa shape index (κ3) is 3.47. The predicted octanol–water partition coefficient (Wildman–Crippen LogP) is 3.74. The van der Waals surface area contributed by atoms with Crippen LogP contribution in [0.2, 0.25) is 0 Å². The van der Waals surface area contributed by atoms with Crippen molar-refractivity contribution in [1.29, 1.82) is 0 Å². The highest BCUT2D eigenvalue weighted by Gasteiger charge is 2.02. The summed E-state index contributed by atoms with van der Waals surface area (Å²) in [5.41, 5.74) is 1.77. The van der Waals surface area contributed by atoms with E-state index in [4.69, 9.17) is 9.47 Å². The Morgan fingerprint density at radius 1 is 1.17 bits per heavy atom. The summed E-state index contributed by atoms with van der Waals surface area (Å²) in [5, 5.41) is 0. The van der Waals surface area contributed by atoms with Gasteiger partial charge in [-0.05, 0) is 25.1 Å². The van der Waals surface area contributed by atoms with Gasteiger partial charge in [0.05, 0.1) is 12.8 Å². The van der Waals surface area contributed by atoms with Crippen molar-refractivity contribution in [2.75, 3.05) is 7.11 Å². The molecule has 2 aromatic rings. The zero-order chi connectivity index (χ0) is 13.0. The van der Waals surface area contributed by atoms with E-state index >= 15 is 0 Å². The van der Waals surface area contributed by atoms with Crippen LogP contribution in [-0.4, -0.2) is 12.1 Å². The fraction of sp³-hybridized carbons (Fsp3) is 0.214. The van der Waals surface area contributed by atoms with Crippen molar-refractivity contribution in [3.63, 3.8) is 0 Å². The van der Waals surface area contributed by atoms with E-state index in [1.165, 1.54) is 0 Å². The lowest BCUT2D eigenvalue weighted by molar-refractivity contribution is 0.299. The number of hydrogen-bond donors (Lipinski definition) is 0. The van der Waals surface area contributed by atoms with Gasteiger partial charge in [-0.3, -0.25) is 4.98 Å². The molecule has 0 aliphatic carbocycles. The Kier molecular flexibility index (Phi) is 4.20. The molecule has 1 heterocycles. The lowest BCUT2D eigenvalue weighted by Gasteiger charge is -2.08. The smallest absolute Gasteiger partial charge is 0.130 e. The van der Waals surface area contributed by atoms with Crippen molar-refractivity contribution < 1.29 is 9.47 Å². The third-order valence-electron chi connectivity index (χ3n) is 2.40. The van der Waals surface area contributed by atoms with E-state index in [1.807, 2.05) is 43.3 Å². The van der Waals surface area contributed by atoms with Crippen LogP contribution < -0.4 is 9.47 Å². The van der Waals surface area contributed by atoms with Crippen molar-refractivity contribution in [2.45, 2.75) is 13.5 Å². The Labute approximate surface area is 115 Å². The Bertz CT molecular complexity index is 543. The topological polar surface area (TPSA) is 31.4 Å². The van der Waals surface area contributed by atoms with Crippen LogP contribution in [0, 0.1) is 6.92 Å². The van der Waals surface area contributed by atoms with Gasteiger partial charge in [0.1, 0.15) is 18.1 Å². The number of hydrogen-bond acceptors (Lipinski definition) is 3. The standard InChI is InChI=1S/C14H14BrNO2/c1-10-6-14(17-2)8-12(16-10)9-18-13-5-3-4-11(15)7-13/h3-8H,9H2,1-2H3. The maximum Gasteiger partial charge on any atom is 0.130 e. The Morgan fingerprint density at radius 3 is 2.72 bits per heavy atom. The summed E-state index contributed by atoms with van der Waals surface area (Å²) >= 11 is 3.41. The van der Waals surface area contributed by atoms with Crippen molar-refractivity contribution in [2.24, 2.45) is 0 Å². The first kappa shape index (κ1) is 12.9. The minimum Gasteiger partial charge on any atom is -0.497 e. The quantitative estimate of drug-likeness (QED) is 0.862. The number of benzene rings is 1. The van der Waals surface area contributed by atoms with Gasteiger partial charge in [0.2, 0.25) is 0 Å². The summed E-state index contributed by atoms with van der Waals surface area (Å²) < 4.78 is 11.9. The minimum absolute atomic E-state index is 0.425. The van der Waals surface area contributed by atoms with Gasteiger partial charge in [0.15, 0.2) is 0 Å². The van der Waals surface area contributed by atoms with E-state index in [0.717, 1.165) is 27.4 Å². The number of pyridine rings is 1. The summed E-state index contributed by atoms with van der Waals surface area (Å²) in [6, 6.07) is 11.5. The van der Waals surface area contributed by atoms with Crippen molar-refractivity contribution in [1.82, 2.24) is 4.98 Å². The number of nitrogens with zero attached hydrogens (tertiary/aromatic N) is 1. The predicted molar refractivity (Wildman–Crippen MR) is 74.0 cm³/mol.